The van der Waals surface area contributed by atoms with E-state index in [-0.39, 0.29) is 41.9 Å². The molecule has 8 rings (SSSR count). The number of nitrogens with zero attached hydrogens (tertiary/aromatic N) is 2. The molecule has 8 nitrogen and oxygen atoms in total. The molecule has 9 heteroatoms. The zero-order valence-corrected chi connectivity index (χ0v) is 31.6. The summed E-state index contributed by atoms with van der Waals surface area (Å²) in [6.07, 6.45) is 20.7. The van der Waals surface area contributed by atoms with Crippen molar-refractivity contribution in [3.05, 3.63) is 35.9 Å². The van der Waals surface area contributed by atoms with Crippen LogP contribution >= 0.6 is 0 Å². The molecule has 4 aliphatic heterocycles. The van der Waals surface area contributed by atoms with Gasteiger partial charge in [-0.05, 0) is 26.7 Å². The van der Waals surface area contributed by atoms with Gasteiger partial charge in [0.2, 0.25) is 0 Å². The number of ketones is 4. The molecule has 0 bridgehead atoms. The topological polar surface area (TPSA) is 93.2 Å². The van der Waals surface area contributed by atoms with E-state index in [4.69, 9.17) is 6.15 Å². The fourth-order valence-electron chi connectivity index (χ4n) is 9.88. The van der Waals surface area contributed by atoms with Crippen LogP contribution in [0.1, 0.15) is 133 Å². The molecular formula is C38H56N2O6Sn. The summed E-state index contributed by atoms with van der Waals surface area (Å²) in [4.78, 5) is 43.9. The summed E-state index contributed by atoms with van der Waals surface area (Å²) in [5.74, 6) is 1.98. The largest absolute Gasteiger partial charge is 0.300 e. The molecule has 1 aromatic rings. The van der Waals surface area contributed by atoms with Crippen molar-refractivity contribution in [3.63, 3.8) is 0 Å². The molecule has 1 spiro atoms. The van der Waals surface area contributed by atoms with Gasteiger partial charge in [0, 0.05) is 11.5 Å². The van der Waals surface area contributed by atoms with Gasteiger partial charge in [0.1, 0.15) is 17.3 Å². The number of piperidine rings is 2. The second-order valence-corrected chi connectivity index (χ2v) is 23.0. The maximum Gasteiger partial charge on any atom is 0.170 e. The van der Waals surface area contributed by atoms with Crippen molar-refractivity contribution in [1.82, 2.24) is 6.24 Å². The van der Waals surface area contributed by atoms with E-state index in [9.17, 15) is 19.2 Å². The molecule has 3 aliphatic carbocycles. The van der Waals surface area contributed by atoms with Gasteiger partial charge in [-0.15, -0.1) is 0 Å². The first-order valence-electron chi connectivity index (χ1n) is 18.8. The van der Waals surface area contributed by atoms with Gasteiger partial charge in [-0.1, -0.05) is 49.6 Å². The van der Waals surface area contributed by atoms with Crippen LogP contribution in [-0.4, -0.2) is 86.5 Å². The Kier molecular flexibility index (Phi) is 12.1. The van der Waals surface area contributed by atoms with Gasteiger partial charge in [0.25, 0.3) is 0 Å². The smallest absolute Gasteiger partial charge is 0.170 e. The minimum atomic E-state index is -3.23. The van der Waals surface area contributed by atoms with Gasteiger partial charge >= 0.3 is 146 Å². The summed E-state index contributed by atoms with van der Waals surface area (Å²) in [6, 6.07) is 10.3. The molecule has 1 aromatic carbocycles. The number of benzene rings is 1. The summed E-state index contributed by atoms with van der Waals surface area (Å²) in [5, 5.41) is 0. The molecule has 6 unspecified atom stereocenters. The molecule has 3 saturated carbocycles. The second kappa shape index (κ2) is 16.0. The van der Waals surface area contributed by atoms with E-state index in [0.29, 0.717) is 17.8 Å². The molecule has 0 aromatic heterocycles. The first kappa shape index (κ1) is 35.4. The Balaban J connectivity index is 0.000000138. The molecule has 7 aliphatic rings. The quantitative estimate of drug-likeness (QED) is 0.180. The van der Waals surface area contributed by atoms with Crippen LogP contribution in [0.3, 0.4) is 0 Å². The second-order valence-electron chi connectivity index (χ2n) is 15.2. The van der Waals surface area contributed by atoms with Crippen molar-refractivity contribution in [2.24, 2.45) is 17.8 Å². The Morgan fingerprint density at radius 1 is 0.638 bits per heavy atom. The van der Waals surface area contributed by atoms with Crippen LogP contribution in [0, 0.1) is 17.8 Å². The molecule has 4 heterocycles. The van der Waals surface area contributed by atoms with Crippen molar-refractivity contribution < 1.29 is 25.3 Å². The molecule has 6 atom stereocenters. The number of carbonyl (C=O) groups excluding carboxylic acids is 4. The minimum absolute atomic E-state index is 0.00398. The number of hydrogen-bond acceptors (Lipinski definition) is 8. The number of hydrogen-bond donors (Lipinski definition) is 0. The van der Waals surface area contributed by atoms with Gasteiger partial charge in [-0.3, -0.25) is 19.2 Å². The van der Waals surface area contributed by atoms with E-state index in [1.54, 1.807) is 24.3 Å². The Labute approximate surface area is 287 Å². The van der Waals surface area contributed by atoms with Crippen molar-refractivity contribution in [3.8, 4) is 0 Å². The summed E-state index contributed by atoms with van der Waals surface area (Å²) >= 11 is -3.23. The third-order valence-corrected chi connectivity index (χ3v) is 22.4. The van der Waals surface area contributed by atoms with E-state index in [1.165, 1.54) is 97.6 Å². The van der Waals surface area contributed by atoms with Crippen LogP contribution in [0.15, 0.2) is 30.3 Å². The number of rotatable bonds is 6. The Bertz CT molecular complexity index is 1220. The predicted octanol–water partition coefficient (Wildman–Crippen LogP) is 6.71. The molecule has 47 heavy (non-hydrogen) atoms. The van der Waals surface area contributed by atoms with Crippen molar-refractivity contribution in [2.45, 2.75) is 147 Å². The first-order valence-corrected chi connectivity index (χ1v) is 23.6. The van der Waals surface area contributed by atoms with Gasteiger partial charge in [-0.2, -0.15) is 0 Å². The Morgan fingerprint density at radius 2 is 1.15 bits per heavy atom. The van der Waals surface area contributed by atoms with Crippen LogP contribution in [0.25, 0.3) is 0 Å². The van der Waals surface area contributed by atoms with E-state index in [1.807, 2.05) is 6.07 Å². The summed E-state index contributed by atoms with van der Waals surface area (Å²) in [6.45, 7) is 5.45. The molecule has 258 valence electrons. The number of fused-ring (bicyclic) bond motifs is 2. The van der Waals surface area contributed by atoms with E-state index < -0.39 is 19.8 Å². The monoisotopic (exact) mass is 756 g/mol. The fraction of sp³-hybridized carbons (Fsp3) is 0.737. The van der Waals surface area contributed by atoms with Gasteiger partial charge in [-0.25, -0.2) is 0 Å². The SMILES string of the molecule is C1CC2CCC[N]3C2C(C1)[O][Sn]31[O]C2CCCC3CCC[N]1C32.CC(=O)CC(=O)C1CCCCC1.CC(=O)CC(=O)c1ccccc1. The molecule has 0 radical (unpaired) electrons. The summed E-state index contributed by atoms with van der Waals surface area (Å²) in [5.41, 5.74) is 0.604. The van der Waals surface area contributed by atoms with Crippen LogP contribution in [0.2, 0.25) is 0 Å². The zero-order valence-electron chi connectivity index (χ0n) is 28.7. The third-order valence-electron chi connectivity index (χ3n) is 11.8. The number of carbonyl (C=O) groups is 4. The third kappa shape index (κ3) is 7.97. The van der Waals surface area contributed by atoms with Crippen LogP contribution in [-0.2, 0) is 20.5 Å². The fourth-order valence-corrected chi connectivity index (χ4v) is 23.1. The van der Waals surface area contributed by atoms with E-state index >= 15 is 0 Å². The standard InChI is InChI=1S/C10H16O2.C10H10O2.2C9H15NO.Sn/c2*1-8(11)7-10(12)9-5-3-2-4-6-9;2*11-8-5-1-3-7-4-2-6-10-9(7)8;/h9H,2-7H2,1H3;2-6H,7H2,1H3;2*7-9H,1-6H2;/q;;2*-2;+4. The molecule has 4 saturated heterocycles. The Hall–Kier alpha value is -1.46. The molecular weight excluding hydrogens is 699 g/mol. The van der Waals surface area contributed by atoms with E-state index in [0.717, 1.165) is 49.6 Å². The number of Topliss-reactive ketones (excluding diaryl/α,β-unsaturated/α-hetero) is 4. The zero-order chi connectivity index (χ0) is 33.0. The van der Waals surface area contributed by atoms with Crippen LogP contribution in [0.5, 0.6) is 0 Å². The van der Waals surface area contributed by atoms with Crippen molar-refractivity contribution in [2.75, 3.05) is 13.1 Å². The predicted molar refractivity (Wildman–Crippen MR) is 183 cm³/mol. The maximum atomic E-state index is 11.4. The Morgan fingerprint density at radius 3 is 1.66 bits per heavy atom. The van der Waals surface area contributed by atoms with Gasteiger partial charge < -0.3 is 0 Å². The van der Waals surface area contributed by atoms with Gasteiger partial charge in [0.15, 0.2) is 5.78 Å². The molecule has 0 amide bonds. The van der Waals surface area contributed by atoms with E-state index in [2.05, 4.69) is 6.24 Å². The normalized spacial score (nSPS) is 34.6. The summed E-state index contributed by atoms with van der Waals surface area (Å²) < 4.78 is 19.9. The molecule has 0 N–H and O–H groups in total. The first-order chi connectivity index (χ1) is 22.8. The maximum absolute atomic E-state index is 11.4. The summed E-state index contributed by atoms with van der Waals surface area (Å²) in [7, 11) is 0. The average molecular weight is 756 g/mol. The minimum Gasteiger partial charge on any atom is -0.300 e. The van der Waals surface area contributed by atoms with Gasteiger partial charge in [0.05, 0.1) is 12.8 Å². The van der Waals surface area contributed by atoms with Crippen molar-refractivity contribution in [1.29, 1.82) is 0 Å². The van der Waals surface area contributed by atoms with Crippen LogP contribution < -0.4 is 0 Å². The van der Waals surface area contributed by atoms with Crippen LogP contribution in [0.4, 0.5) is 0 Å². The average Bonchev–Trinajstić information content (AvgIpc) is 3.58. The van der Waals surface area contributed by atoms with Crippen molar-refractivity contribution >= 4 is 42.9 Å². The molecule has 7 fully saturated rings.